The lowest BCUT2D eigenvalue weighted by atomic mass is 10.2. The van der Waals surface area contributed by atoms with Gasteiger partial charge in [0.25, 0.3) is 0 Å². The fourth-order valence-corrected chi connectivity index (χ4v) is 1.81. The summed E-state index contributed by atoms with van der Waals surface area (Å²) in [6, 6.07) is 4.65. The van der Waals surface area contributed by atoms with Gasteiger partial charge >= 0.3 is 5.97 Å². The summed E-state index contributed by atoms with van der Waals surface area (Å²) < 4.78 is 31.4. The molecular weight excluding hydrogens is 268 g/mol. The zero-order valence-electron chi connectivity index (χ0n) is 10.7. The monoisotopic (exact) mass is 281 g/mol. The van der Waals surface area contributed by atoms with Crippen molar-refractivity contribution in [3.05, 3.63) is 58.5 Å². The molecule has 0 amide bonds. The highest BCUT2D eigenvalue weighted by molar-refractivity contribution is 5.84. The van der Waals surface area contributed by atoms with E-state index in [2.05, 4.69) is 5.32 Å². The van der Waals surface area contributed by atoms with Crippen LogP contribution in [0, 0.1) is 18.6 Å². The Balaban J connectivity index is 1.99. The number of carboxylic acid groups (broad SMARTS) is 1. The van der Waals surface area contributed by atoms with Gasteiger partial charge in [-0.05, 0) is 31.2 Å². The zero-order chi connectivity index (χ0) is 14.7. The van der Waals surface area contributed by atoms with Gasteiger partial charge in [-0.2, -0.15) is 0 Å². The number of benzene rings is 1. The van der Waals surface area contributed by atoms with Crippen molar-refractivity contribution >= 4 is 5.97 Å². The van der Waals surface area contributed by atoms with Crippen LogP contribution in [-0.2, 0) is 13.1 Å². The number of carboxylic acids is 1. The number of hydrogen-bond acceptors (Lipinski definition) is 3. The molecule has 0 radical (unpaired) electrons. The summed E-state index contributed by atoms with van der Waals surface area (Å²) >= 11 is 0. The number of carbonyl (C=O) groups is 1. The van der Waals surface area contributed by atoms with Crippen LogP contribution in [0.3, 0.4) is 0 Å². The fourth-order valence-electron chi connectivity index (χ4n) is 1.81. The summed E-state index contributed by atoms with van der Waals surface area (Å²) in [5, 5.41) is 11.7. The summed E-state index contributed by atoms with van der Waals surface area (Å²) in [5.41, 5.74) is 0.879. The molecule has 2 rings (SSSR count). The molecule has 0 atom stereocenters. The molecule has 0 saturated carbocycles. The Morgan fingerprint density at radius 3 is 2.60 bits per heavy atom. The van der Waals surface area contributed by atoms with Crippen molar-refractivity contribution in [1.82, 2.24) is 5.32 Å². The number of aromatic carboxylic acids is 1. The van der Waals surface area contributed by atoms with Gasteiger partial charge in [-0.15, -0.1) is 0 Å². The third kappa shape index (κ3) is 3.21. The van der Waals surface area contributed by atoms with E-state index in [1.807, 2.05) is 0 Å². The minimum Gasteiger partial charge on any atom is -0.475 e. The molecule has 1 aromatic heterocycles. The van der Waals surface area contributed by atoms with Crippen LogP contribution in [0.25, 0.3) is 0 Å². The second kappa shape index (κ2) is 5.83. The highest BCUT2D eigenvalue weighted by Gasteiger charge is 2.12. The molecule has 0 unspecified atom stereocenters. The first-order chi connectivity index (χ1) is 9.47. The van der Waals surface area contributed by atoms with Crippen molar-refractivity contribution in [3.8, 4) is 0 Å². The minimum atomic E-state index is -1.14. The van der Waals surface area contributed by atoms with Gasteiger partial charge < -0.3 is 14.8 Å². The number of halogens is 2. The van der Waals surface area contributed by atoms with Crippen molar-refractivity contribution in [1.29, 1.82) is 0 Å². The van der Waals surface area contributed by atoms with E-state index in [-0.39, 0.29) is 17.9 Å². The number of furan rings is 1. The molecule has 0 fully saturated rings. The molecule has 4 nitrogen and oxygen atoms in total. The Morgan fingerprint density at radius 2 is 1.95 bits per heavy atom. The van der Waals surface area contributed by atoms with E-state index in [1.165, 1.54) is 6.07 Å². The maximum atomic E-state index is 13.4. The standard InChI is InChI=1S/C14H13F2NO3/c1-8-9(5-13(20-8)14(18)19)6-17-7-10-4-11(15)2-3-12(10)16/h2-5,17H,6-7H2,1H3,(H,18,19). The van der Waals surface area contributed by atoms with E-state index in [9.17, 15) is 13.6 Å². The number of nitrogens with one attached hydrogen (secondary N) is 1. The van der Waals surface area contributed by atoms with Gasteiger partial charge in [-0.3, -0.25) is 0 Å². The van der Waals surface area contributed by atoms with Crippen LogP contribution in [-0.4, -0.2) is 11.1 Å². The molecular formula is C14H13F2NO3. The Hall–Kier alpha value is -2.21. The normalized spacial score (nSPS) is 10.8. The minimum absolute atomic E-state index is 0.136. The van der Waals surface area contributed by atoms with E-state index in [0.29, 0.717) is 17.9 Å². The van der Waals surface area contributed by atoms with E-state index in [0.717, 1.165) is 18.2 Å². The molecule has 0 aliphatic carbocycles. The van der Waals surface area contributed by atoms with Crippen LogP contribution >= 0.6 is 0 Å². The van der Waals surface area contributed by atoms with Gasteiger partial charge in [0.15, 0.2) is 0 Å². The third-order valence-electron chi connectivity index (χ3n) is 2.87. The zero-order valence-corrected chi connectivity index (χ0v) is 10.7. The quantitative estimate of drug-likeness (QED) is 0.884. The molecule has 2 aromatic rings. The number of rotatable bonds is 5. The van der Waals surface area contributed by atoms with Crippen LogP contribution in [0.15, 0.2) is 28.7 Å². The molecule has 0 bridgehead atoms. The second-order valence-corrected chi connectivity index (χ2v) is 4.34. The molecule has 20 heavy (non-hydrogen) atoms. The average molecular weight is 281 g/mol. The molecule has 106 valence electrons. The molecule has 2 N–H and O–H groups in total. The van der Waals surface area contributed by atoms with Crippen LogP contribution in [0.4, 0.5) is 8.78 Å². The van der Waals surface area contributed by atoms with Gasteiger partial charge in [-0.1, -0.05) is 0 Å². The van der Waals surface area contributed by atoms with Crippen LogP contribution < -0.4 is 5.32 Å². The fraction of sp³-hybridized carbons (Fsp3) is 0.214. The topological polar surface area (TPSA) is 62.5 Å². The first-order valence-electron chi connectivity index (χ1n) is 5.94. The Kier molecular flexibility index (Phi) is 4.14. The first-order valence-corrected chi connectivity index (χ1v) is 5.94. The highest BCUT2D eigenvalue weighted by Crippen LogP contribution is 2.15. The Morgan fingerprint density at radius 1 is 1.25 bits per heavy atom. The highest BCUT2D eigenvalue weighted by atomic mass is 19.1. The van der Waals surface area contributed by atoms with Crippen molar-refractivity contribution in [3.63, 3.8) is 0 Å². The predicted octanol–water partition coefficient (Wildman–Crippen LogP) is 2.85. The van der Waals surface area contributed by atoms with Gasteiger partial charge in [0, 0.05) is 24.2 Å². The first kappa shape index (κ1) is 14.2. The largest absolute Gasteiger partial charge is 0.475 e. The van der Waals surface area contributed by atoms with Crippen LogP contribution in [0.5, 0.6) is 0 Å². The van der Waals surface area contributed by atoms with Gasteiger partial charge in [-0.25, -0.2) is 13.6 Å². The third-order valence-corrected chi connectivity index (χ3v) is 2.87. The summed E-state index contributed by atoms with van der Waals surface area (Å²) in [7, 11) is 0. The van der Waals surface area contributed by atoms with E-state index < -0.39 is 17.6 Å². The lowest BCUT2D eigenvalue weighted by molar-refractivity contribution is 0.0661. The smallest absolute Gasteiger partial charge is 0.371 e. The second-order valence-electron chi connectivity index (χ2n) is 4.34. The summed E-state index contributed by atoms with van der Waals surface area (Å²) in [4.78, 5) is 10.7. The average Bonchev–Trinajstić information content (AvgIpc) is 2.76. The Labute approximate surface area is 114 Å². The van der Waals surface area contributed by atoms with Gasteiger partial charge in [0.05, 0.1) is 0 Å². The van der Waals surface area contributed by atoms with Gasteiger partial charge in [0.2, 0.25) is 5.76 Å². The molecule has 0 aliphatic rings. The maximum absolute atomic E-state index is 13.4. The summed E-state index contributed by atoms with van der Waals surface area (Å²) in [6.45, 7) is 2.08. The number of aryl methyl sites for hydroxylation is 1. The Bertz CT molecular complexity index is 637. The molecule has 0 spiro atoms. The van der Waals surface area contributed by atoms with Crippen molar-refractivity contribution in [2.45, 2.75) is 20.0 Å². The van der Waals surface area contributed by atoms with Crippen LogP contribution in [0.1, 0.15) is 27.4 Å². The van der Waals surface area contributed by atoms with E-state index in [4.69, 9.17) is 9.52 Å². The lowest BCUT2D eigenvalue weighted by Gasteiger charge is -2.05. The van der Waals surface area contributed by atoms with Crippen molar-refractivity contribution in [2.75, 3.05) is 0 Å². The molecule has 0 saturated heterocycles. The van der Waals surface area contributed by atoms with Crippen LogP contribution in [0.2, 0.25) is 0 Å². The molecule has 1 aromatic carbocycles. The maximum Gasteiger partial charge on any atom is 0.371 e. The van der Waals surface area contributed by atoms with Crippen molar-refractivity contribution in [2.24, 2.45) is 0 Å². The predicted molar refractivity (Wildman–Crippen MR) is 67.3 cm³/mol. The van der Waals surface area contributed by atoms with E-state index >= 15 is 0 Å². The summed E-state index contributed by atoms with van der Waals surface area (Å²) in [5.74, 6) is -1.80. The van der Waals surface area contributed by atoms with E-state index in [1.54, 1.807) is 6.92 Å². The lowest BCUT2D eigenvalue weighted by Crippen LogP contribution is -2.14. The molecule has 6 heteroatoms. The van der Waals surface area contributed by atoms with Gasteiger partial charge in [0.1, 0.15) is 17.4 Å². The molecule has 1 heterocycles. The summed E-state index contributed by atoms with van der Waals surface area (Å²) in [6.07, 6.45) is 0. The van der Waals surface area contributed by atoms with Crippen molar-refractivity contribution < 1.29 is 23.1 Å². The number of hydrogen-bond donors (Lipinski definition) is 2. The SMILES string of the molecule is Cc1oc(C(=O)O)cc1CNCc1cc(F)ccc1F. The molecule has 0 aliphatic heterocycles.